The topological polar surface area (TPSA) is 83.6 Å². The molecular formula is C15H20N2O3S. The van der Waals surface area contributed by atoms with Crippen molar-refractivity contribution in [1.82, 2.24) is 4.90 Å². The molecule has 1 aliphatic heterocycles. The third-order valence-corrected chi connectivity index (χ3v) is 5.89. The fourth-order valence-electron chi connectivity index (χ4n) is 3.40. The van der Waals surface area contributed by atoms with E-state index in [0.717, 1.165) is 36.1 Å². The van der Waals surface area contributed by atoms with Gasteiger partial charge < -0.3 is 15.7 Å². The second-order valence-corrected chi connectivity index (χ2v) is 7.11. The normalized spacial score (nSPS) is 23.3. The van der Waals surface area contributed by atoms with Crippen LogP contribution in [0, 0.1) is 5.41 Å². The number of carbonyl (C=O) groups is 2. The Hall–Kier alpha value is -1.40. The number of aliphatic carboxylic acids is 1. The molecule has 1 saturated carbocycles. The highest BCUT2D eigenvalue weighted by Crippen LogP contribution is 2.44. The van der Waals surface area contributed by atoms with Crippen LogP contribution < -0.4 is 5.73 Å². The van der Waals surface area contributed by atoms with Gasteiger partial charge in [-0.05, 0) is 48.2 Å². The number of carboxylic acid groups (broad SMARTS) is 1. The van der Waals surface area contributed by atoms with E-state index in [-0.39, 0.29) is 11.3 Å². The SMILES string of the molecule is NCC1(CC(=O)N2CCc3sccc3C2C(=O)O)CCC1. The van der Waals surface area contributed by atoms with Gasteiger partial charge in [0.05, 0.1) is 0 Å². The third-order valence-electron chi connectivity index (χ3n) is 4.89. The number of carbonyl (C=O) groups excluding carboxylic acids is 1. The van der Waals surface area contributed by atoms with E-state index in [9.17, 15) is 14.7 Å². The molecule has 1 aromatic heterocycles. The number of hydrogen-bond acceptors (Lipinski definition) is 4. The summed E-state index contributed by atoms with van der Waals surface area (Å²) in [6.07, 6.45) is 4.20. The number of hydrogen-bond donors (Lipinski definition) is 2. The van der Waals surface area contributed by atoms with Crippen LogP contribution in [0.3, 0.4) is 0 Å². The van der Waals surface area contributed by atoms with Gasteiger partial charge in [0.25, 0.3) is 0 Å². The summed E-state index contributed by atoms with van der Waals surface area (Å²) in [6, 6.07) is 1.00. The van der Waals surface area contributed by atoms with Crippen molar-refractivity contribution in [1.29, 1.82) is 0 Å². The first-order valence-electron chi connectivity index (χ1n) is 7.35. The molecule has 0 aromatic carbocycles. The van der Waals surface area contributed by atoms with Crippen molar-refractivity contribution in [3.8, 4) is 0 Å². The molecule has 1 unspecified atom stereocenters. The zero-order valence-electron chi connectivity index (χ0n) is 11.9. The number of carboxylic acids is 1. The van der Waals surface area contributed by atoms with Crippen molar-refractivity contribution in [2.75, 3.05) is 13.1 Å². The van der Waals surface area contributed by atoms with Gasteiger partial charge in [0, 0.05) is 17.8 Å². The van der Waals surface area contributed by atoms with E-state index in [1.54, 1.807) is 11.3 Å². The minimum absolute atomic E-state index is 0.0654. The highest BCUT2D eigenvalue weighted by molar-refractivity contribution is 7.10. The minimum atomic E-state index is -0.946. The van der Waals surface area contributed by atoms with Crippen LogP contribution in [0.5, 0.6) is 0 Å². The molecule has 1 aromatic rings. The smallest absolute Gasteiger partial charge is 0.331 e. The van der Waals surface area contributed by atoms with Crippen LogP contribution in [0.1, 0.15) is 42.2 Å². The molecule has 3 rings (SSSR count). The first-order valence-corrected chi connectivity index (χ1v) is 8.23. The maximum atomic E-state index is 12.6. The highest BCUT2D eigenvalue weighted by atomic mass is 32.1. The van der Waals surface area contributed by atoms with Crippen LogP contribution in [-0.2, 0) is 16.0 Å². The van der Waals surface area contributed by atoms with Crippen molar-refractivity contribution < 1.29 is 14.7 Å². The maximum absolute atomic E-state index is 12.6. The molecule has 0 radical (unpaired) electrons. The van der Waals surface area contributed by atoms with Crippen molar-refractivity contribution in [2.45, 2.75) is 38.1 Å². The predicted octanol–water partition coefficient (Wildman–Crippen LogP) is 1.78. The van der Waals surface area contributed by atoms with Gasteiger partial charge in [-0.2, -0.15) is 0 Å². The van der Waals surface area contributed by atoms with Gasteiger partial charge in [0.1, 0.15) is 0 Å². The first kappa shape index (κ1) is 14.5. The van der Waals surface area contributed by atoms with Gasteiger partial charge in [-0.3, -0.25) is 4.79 Å². The average Bonchev–Trinajstić information content (AvgIpc) is 2.89. The van der Waals surface area contributed by atoms with Crippen LogP contribution in [-0.4, -0.2) is 35.0 Å². The van der Waals surface area contributed by atoms with E-state index in [2.05, 4.69) is 0 Å². The first-order chi connectivity index (χ1) is 10.1. The predicted molar refractivity (Wildman–Crippen MR) is 80.1 cm³/mol. The molecule has 2 aliphatic rings. The lowest BCUT2D eigenvalue weighted by Crippen LogP contribution is -2.47. The van der Waals surface area contributed by atoms with Gasteiger partial charge >= 0.3 is 5.97 Å². The van der Waals surface area contributed by atoms with Crippen LogP contribution in [0.2, 0.25) is 0 Å². The molecule has 1 atom stereocenters. The van der Waals surface area contributed by atoms with Crippen LogP contribution in [0.15, 0.2) is 11.4 Å². The van der Waals surface area contributed by atoms with Gasteiger partial charge in [-0.25, -0.2) is 4.79 Å². The van der Waals surface area contributed by atoms with E-state index in [0.29, 0.717) is 19.5 Å². The van der Waals surface area contributed by atoms with E-state index in [1.807, 2.05) is 11.4 Å². The summed E-state index contributed by atoms with van der Waals surface area (Å²) in [6.45, 7) is 0.998. The number of nitrogens with zero attached hydrogens (tertiary/aromatic N) is 1. The molecule has 0 saturated heterocycles. The third kappa shape index (κ3) is 2.46. The summed E-state index contributed by atoms with van der Waals surface area (Å²) < 4.78 is 0. The van der Waals surface area contributed by atoms with E-state index in [4.69, 9.17) is 5.73 Å². The zero-order valence-corrected chi connectivity index (χ0v) is 12.7. The summed E-state index contributed by atoms with van der Waals surface area (Å²) in [5.41, 5.74) is 6.51. The largest absolute Gasteiger partial charge is 0.479 e. The lowest BCUT2D eigenvalue weighted by molar-refractivity contribution is -0.152. The van der Waals surface area contributed by atoms with E-state index < -0.39 is 12.0 Å². The van der Waals surface area contributed by atoms with Crippen LogP contribution in [0.25, 0.3) is 0 Å². The standard InChI is InChI=1S/C15H20N2O3S/c16-9-15(4-1-5-15)8-12(18)17-6-2-11-10(3-7-21-11)13(17)14(19)20/h3,7,13H,1-2,4-6,8-9,16H2,(H,19,20). The summed E-state index contributed by atoms with van der Waals surface area (Å²) >= 11 is 1.57. The summed E-state index contributed by atoms with van der Waals surface area (Å²) in [5.74, 6) is -1.01. The fraction of sp³-hybridized carbons (Fsp3) is 0.600. The number of thiophene rings is 1. The van der Waals surface area contributed by atoms with Crippen LogP contribution >= 0.6 is 11.3 Å². The zero-order chi connectivity index (χ0) is 15.0. The second-order valence-electron chi connectivity index (χ2n) is 6.11. The minimum Gasteiger partial charge on any atom is -0.479 e. The molecule has 2 heterocycles. The Labute approximate surface area is 127 Å². The summed E-state index contributed by atoms with van der Waals surface area (Å²) in [7, 11) is 0. The molecule has 3 N–H and O–H groups in total. The molecule has 1 fully saturated rings. The fourth-order valence-corrected chi connectivity index (χ4v) is 4.31. The lowest BCUT2D eigenvalue weighted by Gasteiger charge is -2.43. The van der Waals surface area contributed by atoms with Crippen molar-refractivity contribution in [2.24, 2.45) is 11.1 Å². The Morgan fingerprint density at radius 2 is 2.24 bits per heavy atom. The van der Waals surface area contributed by atoms with Crippen LogP contribution in [0.4, 0.5) is 0 Å². The summed E-state index contributed by atoms with van der Waals surface area (Å²) in [5, 5.41) is 11.4. The quantitative estimate of drug-likeness (QED) is 0.888. The molecule has 0 bridgehead atoms. The number of amides is 1. The van der Waals surface area contributed by atoms with Gasteiger partial charge in [0.2, 0.25) is 5.91 Å². The monoisotopic (exact) mass is 308 g/mol. The molecular weight excluding hydrogens is 288 g/mol. The van der Waals surface area contributed by atoms with Gasteiger partial charge in [0.15, 0.2) is 6.04 Å². The Bertz CT molecular complexity index is 560. The van der Waals surface area contributed by atoms with Crippen molar-refractivity contribution >= 4 is 23.2 Å². The number of nitrogens with two attached hydrogens (primary N) is 1. The number of rotatable bonds is 4. The molecule has 1 aliphatic carbocycles. The van der Waals surface area contributed by atoms with Gasteiger partial charge in [-0.1, -0.05) is 6.42 Å². The Morgan fingerprint density at radius 3 is 2.81 bits per heavy atom. The molecule has 5 nitrogen and oxygen atoms in total. The lowest BCUT2D eigenvalue weighted by atomic mass is 9.66. The molecule has 1 amide bonds. The maximum Gasteiger partial charge on any atom is 0.331 e. The Morgan fingerprint density at radius 1 is 1.48 bits per heavy atom. The molecule has 6 heteroatoms. The molecule has 21 heavy (non-hydrogen) atoms. The Kier molecular flexibility index (Phi) is 3.75. The Balaban J connectivity index is 1.81. The van der Waals surface area contributed by atoms with Gasteiger partial charge in [-0.15, -0.1) is 11.3 Å². The van der Waals surface area contributed by atoms with Crippen molar-refractivity contribution in [3.05, 3.63) is 21.9 Å². The number of fused-ring (bicyclic) bond motifs is 1. The average molecular weight is 308 g/mol. The van der Waals surface area contributed by atoms with E-state index >= 15 is 0 Å². The van der Waals surface area contributed by atoms with E-state index in [1.165, 1.54) is 4.90 Å². The molecule has 114 valence electrons. The summed E-state index contributed by atoms with van der Waals surface area (Å²) in [4.78, 5) is 26.9. The highest BCUT2D eigenvalue weighted by Gasteiger charge is 2.42. The molecule has 0 spiro atoms. The van der Waals surface area contributed by atoms with Crippen molar-refractivity contribution in [3.63, 3.8) is 0 Å². The second kappa shape index (κ2) is 5.42.